The van der Waals surface area contributed by atoms with Crippen LogP contribution in [-0.2, 0) is 0 Å². The highest BCUT2D eigenvalue weighted by molar-refractivity contribution is 14.1. The van der Waals surface area contributed by atoms with Crippen molar-refractivity contribution in [1.82, 2.24) is 4.98 Å². The predicted octanol–water partition coefficient (Wildman–Crippen LogP) is 2.75. The average Bonchev–Trinajstić information content (AvgIpc) is 2.83. The molecule has 0 spiro atoms. The normalized spacial score (nSPS) is 10.2. The van der Waals surface area contributed by atoms with Gasteiger partial charge in [0, 0.05) is 3.57 Å². The molecule has 2 aromatic heterocycles. The number of hydrogen-bond acceptors (Lipinski definition) is 5. The van der Waals surface area contributed by atoms with Crippen molar-refractivity contribution in [3.05, 3.63) is 49.4 Å². The van der Waals surface area contributed by atoms with E-state index in [9.17, 15) is 14.9 Å². The summed E-state index contributed by atoms with van der Waals surface area (Å²) in [6.07, 6.45) is 0. The monoisotopic (exact) mass is 373 g/mol. The summed E-state index contributed by atoms with van der Waals surface area (Å²) in [6, 6.07) is 5.82. The fourth-order valence-electron chi connectivity index (χ4n) is 1.34. The van der Waals surface area contributed by atoms with Crippen LogP contribution in [0.25, 0.3) is 0 Å². The van der Waals surface area contributed by atoms with Gasteiger partial charge in [0.05, 0.1) is 11.8 Å². The number of amides is 1. The van der Waals surface area contributed by atoms with E-state index in [4.69, 9.17) is 4.42 Å². The zero-order chi connectivity index (χ0) is 14.0. The van der Waals surface area contributed by atoms with Gasteiger partial charge in [0.2, 0.25) is 0 Å². The maximum absolute atomic E-state index is 11.8. The number of furan rings is 1. The van der Waals surface area contributed by atoms with Gasteiger partial charge in [-0.1, -0.05) is 0 Å². The third kappa shape index (κ3) is 3.08. The van der Waals surface area contributed by atoms with E-state index in [0.29, 0.717) is 5.82 Å². The second kappa shape index (κ2) is 5.34. The summed E-state index contributed by atoms with van der Waals surface area (Å²) in [4.78, 5) is 25.7. The Kier molecular flexibility index (Phi) is 3.79. The van der Waals surface area contributed by atoms with E-state index >= 15 is 0 Å². The number of carbonyl (C=O) groups excluding carboxylic acids is 1. The van der Waals surface area contributed by atoms with Crippen molar-refractivity contribution < 1.29 is 14.1 Å². The third-order valence-electron chi connectivity index (χ3n) is 2.26. The fraction of sp³-hybridized carbons (Fsp3) is 0.0909. The molecule has 2 aromatic rings. The van der Waals surface area contributed by atoms with Crippen molar-refractivity contribution in [2.45, 2.75) is 6.92 Å². The predicted molar refractivity (Wildman–Crippen MR) is 75.0 cm³/mol. The molecule has 1 N–H and O–H groups in total. The number of aromatic nitrogens is 1. The molecule has 1 amide bonds. The highest BCUT2D eigenvalue weighted by atomic mass is 127. The Balaban J connectivity index is 2.15. The summed E-state index contributed by atoms with van der Waals surface area (Å²) in [6.45, 7) is 1.81. The van der Waals surface area contributed by atoms with E-state index in [-0.39, 0.29) is 5.76 Å². The van der Waals surface area contributed by atoms with E-state index in [1.54, 1.807) is 6.07 Å². The van der Waals surface area contributed by atoms with Crippen LogP contribution in [0.4, 0.5) is 11.7 Å². The molecule has 0 fully saturated rings. The summed E-state index contributed by atoms with van der Waals surface area (Å²) in [5.41, 5.74) is 0.781. The van der Waals surface area contributed by atoms with Gasteiger partial charge in [-0.05, 0) is 47.7 Å². The van der Waals surface area contributed by atoms with Gasteiger partial charge in [0.15, 0.2) is 5.76 Å². The average molecular weight is 373 g/mol. The quantitative estimate of drug-likeness (QED) is 0.507. The van der Waals surface area contributed by atoms with E-state index in [2.05, 4.69) is 32.9 Å². The van der Waals surface area contributed by atoms with E-state index in [1.165, 1.54) is 6.07 Å². The molecular formula is C11H8IN3O4. The number of nitrogens with one attached hydrogen (secondary N) is 1. The van der Waals surface area contributed by atoms with Crippen LogP contribution in [0.2, 0.25) is 0 Å². The second-order valence-electron chi connectivity index (χ2n) is 3.61. The molecule has 0 aliphatic heterocycles. The first-order valence-electron chi connectivity index (χ1n) is 5.16. The first kappa shape index (κ1) is 13.5. The van der Waals surface area contributed by atoms with E-state index in [1.807, 2.05) is 13.0 Å². The Morgan fingerprint density at radius 1 is 1.42 bits per heavy atom. The lowest BCUT2D eigenvalue weighted by Gasteiger charge is -2.04. The lowest BCUT2D eigenvalue weighted by Crippen LogP contribution is -2.12. The Labute approximate surface area is 121 Å². The molecule has 0 unspecified atom stereocenters. The first-order valence-corrected chi connectivity index (χ1v) is 6.24. The van der Waals surface area contributed by atoms with Crippen LogP contribution >= 0.6 is 22.6 Å². The summed E-state index contributed by atoms with van der Waals surface area (Å²) in [5.74, 6) is -0.829. The molecule has 0 aromatic carbocycles. The zero-order valence-electron chi connectivity index (χ0n) is 9.71. The van der Waals surface area contributed by atoms with E-state index < -0.39 is 16.7 Å². The van der Waals surface area contributed by atoms with Crippen LogP contribution in [-0.4, -0.2) is 15.8 Å². The van der Waals surface area contributed by atoms with Crippen molar-refractivity contribution >= 4 is 40.2 Å². The number of aryl methyl sites for hydroxylation is 1. The second-order valence-corrected chi connectivity index (χ2v) is 4.78. The number of carbonyl (C=O) groups is 1. The minimum Gasteiger partial charge on any atom is -0.395 e. The molecule has 0 atom stereocenters. The summed E-state index contributed by atoms with van der Waals surface area (Å²) >= 11 is 2.13. The number of nitrogens with zero attached hydrogens (tertiary/aromatic N) is 2. The van der Waals surface area contributed by atoms with Gasteiger partial charge < -0.3 is 9.73 Å². The zero-order valence-corrected chi connectivity index (χ0v) is 11.9. The standard InChI is InChI=1S/C11H8IN3O4/c1-6-7(12)2-4-9(13-6)14-11(16)8-3-5-10(19-8)15(17)18/h2-5H,1H3,(H,13,14,16). The maximum atomic E-state index is 11.8. The molecule has 7 nitrogen and oxygen atoms in total. The Morgan fingerprint density at radius 3 is 2.74 bits per heavy atom. The van der Waals surface area contributed by atoms with Gasteiger partial charge in [-0.15, -0.1) is 0 Å². The van der Waals surface area contributed by atoms with E-state index in [0.717, 1.165) is 15.3 Å². The summed E-state index contributed by atoms with van der Waals surface area (Å²) in [7, 11) is 0. The van der Waals surface area contributed by atoms with Crippen LogP contribution in [0, 0.1) is 20.6 Å². The minimum absolute atomic E-state index is 0.135. The smallest absolute Gasteiger partial charge is 0.395 e. The van der Waals surface area contributed by atoms with Crippen LogP contribution in [0.5, 0.6) is 0 Å². The van der Waals surface area contributed by atoms with Crippen molar-refractivity contribution in [3.63, 3.8) is 0 Å². The van der Waals surface area contributed by atoms with Gasteiger partial charge in [-0.3, -0.25) is 14.9 Å². The van der Waals surface area contributed by atoms with Crippen molar-refractivity contribution in [3.8, 4) is 0 Å². The van der Waals surface area contributed by atoms with Gasteiger partial charge in [-0.25, -0.2) is 4.98 Å². The van der Waals surface area contributed by atoms with Gasteiger partial charge in [0.25, 0.3) is 5.91 Å². The maximum Gasteiger partial charge on any atom is 0.433 e. The topological polar surface area (TPSA) is 98.3 Å². The molecule has 0 bridgehead atoms. The van der Waals surface area contributed by atoms with Crippen LogP contribution in [0.3, 0.4) is 0 Å². The number of anilines is 1. The number of hydrogen-bond donors (Lipinski definition) is 1. The molecule has 0 saturated heterocycles. The molecule has 8 heteroatoms. The first-order chi connectivity index (χ1) is 8.97. The van der Waals surface area contributed by atoms with Crippen molar-refractivity contribution in [2.75, 3.05) is 5.32 Å². The van der Waals surface area contributed by atoms with Crippen LogP contribution in [0.15, 0.2) is 28.7 Å². The molecule has 0 aliphatic rings. The molecule has 0 radical (unpaired) electrons. The Morgan fingerprint density at radius 2 is 2.16 bits per heavy atom. The Hall–Kier alpha value is -1.97. The fourth-order valence-corrected chi connectivity index (χ4v) is 1.64. The number of nitro groups is 1. The molecule has 0 aliphatic carbocycles. The summed E-state index contributed by atoms with van der Waals surface area (Å²) in [5, 5.41) is 13.0. The molecule has 2 heterocycles. The molecule has 0 saturated carbocycles. The highest BCUT2D eigenvalue weighted by Crippen LogP contribution is 2.17. The third-order valence-corrected chi connectivity index (χ3v) is 3.40. The molecule has 19 heavy (non-hydrogen) atoms. The lowest BCUT2D eigenvalue weighted by molar-refractivity contribution is -0.402. The van der Waals surface area contributed by atoms with Crippen LogP contribution < -0.4 is 5.32 Å². The molecular weight excluding hydrogens is 365 g/mol. The van der Waals surface area contributed by atoms with Gasteiger partial charge in [-0.2, -0.15) is 0 Å². The Bertz CT molecular complexity index is 653. The SMILES string of the molecule is Cc1nc(NC(=O)c2ccc([N+](=O)[O-])o2)ccc1I. The number of halogens is 1. The summed E-state index contributed by atoms with van der Waals surface area (Å²) < 4.78 is 5.77. The van der Waals surface area contributed by atoms with Crippen molar-refractivity contribution in [2.24, 2.45) is 0 Å². The van der Waals surface area contributed by atoms with Crippen LogP contribution in [0.1, 0.15) is 16.2 Å². The number of rotatable bonds is 3. The number of pyridine rings is 1. The van der Waals surface area contributed by atoms with Crippen molar-refractivity contribution in [1.29, 1.82) is 0 Å². The minimum atomic E-state index is -0.704. The molecule has 2 rings (SSSR count). The highest BCUT2D eigenvalue weighted by Gasteiger charge is 2.17. The van der Waals surface area contributed by atoms with Gasteiger partial charge in [0.1, 0.15) is 10.7 Å². The molecule has 98 valence electrons. The lowest BCUT2D eigenvalue weighted by atomic mass is 10.3. The van der Waals surface area contributed by atoms with Gasteiger partial charge >= 0.3 is 5.88 Å². The largest absolute Gasteiger partial charge is 0.433 e.